The minimum absolute atomic E-state index is 0.259. The lowest BCUT2D eigenvalue weighted by Gasteiger charge is -2.48. The van der Waals surface area contributed by atoms with Crippen molar-refractivity contribution in [1.29, 1.82) is 0 Å². The highest BCUT2D eigenvalue weighted by Gasteiger charge is 2.55. The molecule has 0 aromatic heterocycles. The molecule has 2 rings (SSSR count). The number of nitrogens with zero attached hydrogens (tertiary/aromatic N) is 1. The van der Waals surface area contributed by atoms with Gasteiger partial charge in [0.25, 0.3) is 0 Å². The number of carbonyl (C=O) groups excluding carboxylic acids is 2. The Labute approximate surface area is 126 Å². The van der Waals surface area contributed by atoms with E-state index in [2.05, 4.69) is 11.9 Å². The van der Waals surface area contributed by atoms with Crippen LogP contribution in [-0.2, 0) is 9.53 Å². The van der Waals surface area contributed by atoms with Gasteiger partial charge in [0.05, 0.1) is 18.7 Å². The SMILES string of the molecule is C=CC(=O)NC1N(c2ccc(C(=O)OCC)cc2)CC1(F)F. The maximum absolute atomic E-state index is 13.6. The summed E-state index contributed by atoms with van der Waals surface area (Å²) in [7, 11) is 0. The van der Waals surface area contributed by atoms with Gasteiger partial charge in [-0.3, -0.25) is 4.79 Å². The smallest absolute Gasteiger partial charge is 0.338 e. The van der Waals surface area contributed by atoms with Crippen molar-refractivity contribution in [1.82, 2.24) is 5.32 Å². The predicted octanol–water partition coefficient (Wildman–Crippen LogP) is 1.95. The van der Waals surface area contributed by atoms with E-state index in [1.54, 1.807) is 6.92 Å². The maximum atomic E-state index is 13.6. The van der Waals surface area contributed by atoms with Crippen molar-refractivity contribution in [2.75, 3.05) is 18.1 Å². The van der Waals surface area contributed by atoms with Crippen molar-refractivity contribution >= 4 is 17.6 Å². The summed E-state index contributed by atoms with van der Waals surface area (Å²) in [5, 5.41) is 2.19. The van der Waals surface area contributed by atoms with Crippen molar-refractivity contribution in [2.45, 2.75) is 19.0 Å². The zero-order chi connectivity index (χ0) is 16.3. The number of ether oxygens (including phenoxy) is 1. The standard InChI is InChI=1S/C15H16F2N2O3/c1-3-12(20)18-14-15(16,17)9-19(14)11-7-5-10(6-8-11)13(21)22-4-2/h3,5-8,14H,1,4,9H2,2H3,(H,18,20). The van der Waals surface area contributed by atoms with Gasteiger partial charge < -0.3 is 15.0 Å². The second kappa shape index (κ2) is 6.13. The van der Waals surface area contributed by atoms with Gasteiger partial charge in [-0.25, -0.2) is 13.6 Å². The molecule has 1 unspecified atom stereocenters. The number of esters is 1. The van der Waals surface area contributed by atoms with E-state index in [-0.39, 0.29) is 6.61 Å². The number of halogens is 2. The van der Waals surface area contributed by atoms with E-state index in [9.17, 15) is 18.4 Å². The molecule has 1 N–H and O–H groups in total. The van der Waals surface area contributed by atoms with Crippen molar-refractivity contribution < 1.29 is 23.1 Å². The van der Waals surface area contributed by atoms with Gasteiger partial charge >= 0.3 is 11.9 Å². The van der Waals surface area contributed by atoms with E-state index < -0.39 is 30.5 Å². The Hall–Kier alpha value is -2.44. The molecule has 118 valence electrons. The number of benzene rings is 1. The molecule has 0 radical (unpaired) electrons. The first-order valence-electron chi connectivity index (χ1n) is 6.73. The van der Waals surface area contributed by atoms with Gasteiger partial charge in [0.2, 0.25) is 5.91 Å². The van der Waals surface area contributed by atoms with Crippen LogP contribution in [0.3, 0.4) is 0 Å². The quantitative estimate of drug-likeness (QED) is 0.667. The first kappa shape index (κ1) is 15.9. The zero-order valence-corrected chi connectivity index (χ0v) is 12.0. The highest BCUT2D eigenvalue weighted by Crippen LogP contribution is 2.37. The van der Waals surface area contributed by atoms with Crippen molar-refractivity contribution in [3.63, 3.8) is 0 Å². The second-order valence-electron chi connectivity index (χ2n) is 4.77. The summed E-state index contributed by atoms with van der Waals surface area (Å²) in [6.45, 7) is 4.69. The molecule has 1 aromatic carbocycles. The monoisotopic (exact) mass is 310 g/mol. The molecular formula is C15H16F2N2O3. The molecule has 1 heterocycles. The number of carbonyl (C=O) groups is 2. The van der Waals surface area contributed by atoms with Gasteiger partial charge in [-0.05, 0) is 37.3 Å². The number of amides is 1. The number of alkyl halides is 2. The van der Waals surface area contributed by atoms with Crippen molar-refractivity contribution in [3.8, 4) is 0 Å². The molecule has 1 aliphatic rings. The van der Waals surface area contributed by atoms with E-state index in [0.717, 1.165) is 6.08 Å². The van der Waals surface area contributed by atoms with Crippen molar-refractivity contribution in [3.05, 3.63) is 42.5 Å². The van der Waals surface area contributed by atoms with E-state index in [1.165, 1.54) is 29.2 Å². The lowest BCUT2D eigenvalue weighted by Crippen LogP contribution is -2.72. The Bertz CT molecular complexity index is 587. The highest BCUT2D eigenvalue weighted by molar-refractivity contribution is 5.90. The molecule has 1 aromatic rings. The van der Waals surface area contributed by atoms with Crippen LogP contribution in [-0.4, -0.2) is 37.1 Å². The number of anilines is 1. The van der Waals surface area contributed by atoms with E-state index in [0.29, 0.717) is 11.3 Å². The molecule has 7 heteroatoms. The molecule has 1 saturated heterocycles. The van der Waals surface area contributed by atoms with Crippen LogP contribution in [0, 0.1) is 0 Å². The Morgan fingerprint density at radius 1 is 1.45 bits per heavy atom. The number of hydrogen-bond acceptors (Lipinski definition) is 4. The van der Waals surface area contributed by atoms with Crippen LogP contribution in [0.5, 0.6) is 0 Å². The Morgan fingerprint density at radius 3 is 2.59 bits per heavy atom. The molecule has 22 heavy (non-hydrogen) atoms. The van der Waals surface area contributed by atoms with Crippen LogP contribution in [0.25, 0.3) is 0 Å². The van der Waals surface area contributed by atoms with E-state index >= 15 is 0 Å². The summed E-state index contributed by atoms with van der Waals surface area (Å²) in [5.41, 5.74) is 0.817. The van der Waals surface area contributed by atoms with Gasteiger partial charge in [0.15, 0.2) is 6.17 Å². The van der Waals surface area contributed by atoms with Crippen LogP contribution in [0.1, 0.15) is 17.3 Å². The normalized spacial score (nSPS) is 19.0. The van der Waals surface area contributed by atoms with Crippen LogP contribution >= 0.6 is 0 Å². The summed E-state index contributed by atoms with van der Waals surface area (Å²) < 4.78 is 32.0. The molecular weight excluding hydrogens is 294 g/mol. The van der Waals surface area contributed by atoms with Gasteiger partial charge in [0, 0.05) is 5.69 Å². The molecule has 0 spiro atoms. The largest absolute Gasteiger partial charge is 0.462 e. The van der Waals surface area contributed by atoms with Gasteiger partial charge in [-0.2, -0.15) is 0 Å². The van der Waals surface area contributed by atoms with Crippen LogP contribution in [0.2, 0.25) is 0 Å². The summed E-state index contributed by atoms with van der Waals surface area (Å²) in [5.74, 6) is -4.16. The van der Waals surface area contributed by atoms with Crippen molar-refractivity contribution in [2.24, 2.45) is 0 Å². The Kier molecular flexibility index (Phi) is 4.44. The van der Waals surface area contributed by atoms with Gasteiger partial charge in [-0.15, -0.1) is 0 Å². The second-order valence-corrected chi connectivity index (χ2v) is 4.77. The molecule has 1 aliphatic heterocycles. The third-order valence-electron chi connectivity index (χ3n) is 3.27. The minimum atomic E-state index is -3.02. The number of hydrogen-bond donors (Lipinski definition) is 1. The maximum Gasteiger partial charge on any atom is 0.338 e. The highest BCUT2D eigenvalue weighted by atomic mass is 19.3. The van der Waals surface area contributed by atoms with Crippen LogP contribution in [0.4, 0.5) is 14.5 Å². The topological polar surface area (TPSA) is 58.6 Å². The molecule has 1 fully saturated rings. The molecule has 1 amide bonds. The lowest BCUT2D eigenvalue weighted by molar-refractivity contribution is -0.126. The summed E-state index contributed by atoms with van der Waals surface area (Å²) in [6, 6.07) is 6.06. The summed E-state index contributed by atoms with van der Waals surface area (Å²) >= 11 is 0. The van der Waals surface area contributed by atoms with E-state index in [1.807, 2.05) is 0 Å². The van der Waals surface area contributed by atoms with E-state index in [4.69, 9.17) is 4.74 Å². The first-order chi connectivity index (χ1) is 10.4. The predicted molar refractivity (Wildman–Crippen MR) is 76.8 cm³/mol. The van der Waals surface area contributed by atoms with Gasteiger partial charge in [-0.1, -0.05) is 6.58 Å². The summed E-state index contributed by atoms with van der Waals surface area (Å²) in [4.78, 5) is 24.1. The molecule has 0 bridgehead atoms. The Morgan fingerprint density at radius 2 is 2.09 bits per heavy atom. The summed E-state index contributed by atoms with van der Waals surface area (Å²) in [6.07, 6.45) is -0.484. The minimum Gasteiger partial charge on any atom is -0.462 e. The van der Waals surface area contributed by atoms with Crippen LogP contribution in [0.15, 0.2) is 36.9 Å². The third kappa shape index (κ3) is 3.08. The molecule has 1 atom stereocenters. The fraction of sp³-hybridized carbons (Fsp3) is 0.333. The number of rotatable bonds is 5. The Balaban J connectivity index is 2.12. The fourth-order valence-electron chi connectivity index (χ4n) is 2.14. The number of nitrogens with one attached hydrogen (secondary N) is 1. The molecule has 0 aliphatic carbocycles. The fourth-order valence-corrected chi connectivity index (χ4v) is 2.14. The third-order valence-corrected chi connectivity index (χ3v) is 3.27. The lowest BCUT2D eigenvalue weighted by atomic mass is 10.0. The van der Waals surface area contributed by atoms with Crippen LogP contribution < -0.4 is 10.2 Å². The molecule has 5 nitrogen and oxygen atoms in total. The zero-order valence-electron chi connectivity index (χ0n) is 12.0. The average Bonchev–Trinajstić information content (AvgIpc) is 2.50. The average molecular weight is 310 g/mol. The first-order valence-corrected chi connectivity index (χ1v) is 6.73. The molecule has 0 saturated carbocycles. The van der Waals surface area contributed by atoms with Gasteiger partial charge in [0.1, 0.15) is 0 Å².